The standard InChI is InChI=1S/2C7H8O.2C3H6O/c2*8-6-7-4-2-1-3-5-7;2*1-3(2)4/h2*1-5,8H,6H2;2*1-2H3. The molecule has 132 valence electrons. The number of rotatable bonds is 2. The molecule has 4 nitrogen and oxygen atoms in total. The molecule has 0 aromatic heterocycles. The molecule has 0 fully saturated rings. The molecule has 2 aromatic carbocycles. The minimum Gasteiger partial charge on any atom is -0.392 e. The summed E-state index contributed by atoms with van der Waals surface area (Å²) >= 11 is 0. The molecule has 24 heavy (non-hydrogen) atoms. The summed E-state index contributed by atoms with van der Waals surface area (Å²) < 4.78 is 0. The Hall–Kier alpha value is -2.30. The fourth-order valence-corrected chi connectivity index (χ4v) is 1.17. The van der Waals surface area contributed by atoms with E-state index in [2.05, 4.69) is 0 Å². The van der Waals surface area contributed by atoms with Crippen LogP contribution in [0.15, 0.2) is 60.7 Å². The summed E-state index contributed by atoms with van der Waals surface area (Å²) in [6.07, 6.45) is 0. The van der Waals surface area contributed by atoms with E-state index in [0.29, 0.717) is 0 Å². The minimum atomic E-state index is 0.140. The van der Waals surface area contributed by atoms with E-state index in [0.717, 1.165) is 11.1 Å². The average molecular weight is 332 g/mol. The number of hydrogen-bond acceptors (Lipinski definition) is 4. The fourth-order valence-electron chi connectivity index (χ4n) is 1.17. The number of Topliss-reactive ketones (excluding diaryl/α,β-unsaturated/α-hetero) is 2. The number of benzene rings is 2. The third kappa shape index (κ3) is 22.0. The van der Waals surface area contributed by atoms with E-state index < -0.39 is 0 Å². The molecule has 0 aliphatic rings. The van der Waals surface area contributed by atoms with Gasteiger partial charge in [0, 0.05) is 0 Å². The molecule has 0 saturated carbocycles. The van der Waals surface area contributed by atoms with Crippen LogP contribution in [-0.4, -0.2) is 21.8 Å². The van der Waals surface area contributed by atoms with Crippen LogP contribution in [0.25, 0.3) is 0 Å². The van der Waals surface area contributed by atoms with E-state index >= 15 is 0 Å². The fraction of sp³-hybridized carbons (Fsp3) is 0.300. The molecule has 2 rings (SSSR count). The van der Waals surface area contributed by atoms with E-state index in [4.69, 9.17) is 10.2 Å². The van der Waals surface area contributed by atoms with Crippen LogP contribution in [0, 0.1) is 0 Å². The molecule has 0 saturated heterocycles. The summed E-state index contributed by atoms with van der Waals surface area (Å²) in [5.41, 5.74) is 1.93. The van der Waals surface area contributed by atoms with Gasteiger partial charge in [-0.1, -0.05) is 60.7 Å². The van der Waals surface area contributed by atoms with Crippen molar-refractivity contribution in [2.24, 2.45) is 0 Å². The zero-order valence-corrected chi connectivity index (χ0v) is 14.9. The first-order valence-corrected chi connectivity index (χ1v) is 7.57. The molecule has 0 radical (unpaired) electrons. The lowest BCUT2D eigenvalue weighted by Crippen LogP contribution is -1.77. The monoisotopic (exact) mass is 332 g/mol. The Morgan fingerprint density at radius 1 is 0.625 bits per heavy atom. The summed E-state index contributed by atoms with van der Waals surface area (Å²) in [5.74, 6) is 0.333. The van der Waals surface area contributed by atoms with Gasteiger partial charge in [-0.05, 0) is 38.8 Å². The zero-order chi connectivity index (χ0) is 18.8. The molecular weight excluding hydrogens is 304 g/mol. The lowest BCUT2D eigenvalue weighted by molar-refractivity contribution is -0.115. The van der Waals surface area contributed by atoms with E-state index in [1.54, 1.807) is 0 Å². The highest BCUT2D eigenvalue weighted by Gasteiger charge is 1.81. The van der Waals surface area contributed by atoms with Crippen LogP contribution in [0.5, 0.6) is 0 Å². The summed E-state index contributed by atoms with van der Waals surface area (Å²) in [6.45, 7) is 6.39. The second-order valence-corrected chi connectivity index (χ2v) is 5.10. The first-order chi connectivity index (χ1) is 11.3. The molecule has 0 spiro atoms. The first-order valence-electron chi connectivity index (χ1n) is 7.57. The van der Waals surface area contributed by atoms with Gasteiger partial charge in [0.1, 0.15) is 11.6 Å². The number of aliphatic hydroxyl groups is 2. The highest BCUT2D eigenvalue weighted by molar-refractivity contribution is 5.72. The number of ketones is 2. The van der Waals surface area contributed by atoms with Crippen molar-refractivity contribution in [1.29, 1.82) is 0 Å². The molecule has 0 atom stereocenters. The number of carbonyl (C=O) groups is 2. The first kappa shape index (κ1) is 24.0. The Labute approximate surface area is 144 Å². The van der Waals surface area contributed by atoms with Gasteiger partial charge in [0.15, 0.2) is 0 Å². The Morgan fingerprint density at radius 3 is 0.958 bits per heavy atom. The lowest BCUT2D eigenvalue weighted by Gasteiger charge is -1.89. The Kier molecular flexibility index (Phi) is 17.0. The van der Waals surface area contributed by atoms with Crippen molar-refractivity contribution in [1.82, 2.24) is 0 Å². The minimum absolute atomic E-state index is 0.140. The van der Waals surface area contributed by atoms with Crippen molar-refractivity contribution in [3.63, 3.8) is 0 Å². The van der Waals surface area contributed by atoms with Crippen molar-refractivity contribution in [2.45, 2.75) is 40.9 Å². The number of aliphatic hydroxyl groups excluding tert-OH is 2. The second-order valence-electron chi connectivity index (χ2n) is 5.10. The topological polar surface area (TPSA) is 74.6 Å². The average Bonchev–Trinajstić information content (AvgIpc) is 2.56. The second kappa shape index (κ2) is 17.1. The van der Waals surface area contributed by atoms with Crippen LogP contribution >= 0.6 is 0 Å². The Morgan fingerprint density at radius 2 is 0.833 bits per heavy atom. The summed E-state index contributed by atoms with van der Waals surface area (Å²) in [7, 11) is 0. The Bertz CT molecular complexity index is 477. The molecule has 0 heterocycles. The van der Waals surface area contributed by atoms with E-state index in [-0.39, 0.29) is 24.8 Å². The van der Waals surface area contributed by atoms with Gasteiger partial charge in [0.05, 0.1) is 13.2 Å². The molecule has 0 aliphatic heterocycles. The SMILES string of the molecule is CC(C)=O.CC(C)=O.OCc1ccccc1.OCc1ccccc1. The van der Waals surface area contributed by atoms with Gasteiger partial charge in [-0.2, -0.15) is 0 Å². The van der Waals surface area contributed by atoms with Crippen LogP contribution in [0.2, 0.25) is 0 Å². The maximum atomic E-state index is 9.44. The molecule has 2 aromatic rings. The molecule has 2 N–H and O–H groups in total. The van der Waals surface area contributed by atoms with Gasteiger partial charge in [-0.3, -0.25) is 0 Å². The number of hydrogen-bond donors (Lipinski definition) is 2. The van der Waals surface area contributed by atoms with Crippen molar-refractivity contribution in [2.75, 3.05) is 0 Å². The quantitative estimate of drug-likeness (QED) is 0.882. The third-order valence-electron chi connectivity index (χ3n) is 2.05. The zero-order valence-electron chi connectivity index (χ0n) is 14.9. The van der Waals surface area contributed by atoms with Gasteiger partial charge in [-0.15, -0.1) is 0 Å². The highest BCUT2D eigenvalue weighted by Crippen LogP contribution is 1.96. The summed E-state index contributed by atoms with van der Waals surface area (Å²) in [6, 6.07) is 19.0. The van der Waals surface area contributed by atoms with Gasteiger partial charge in [0.2, 0.25) is 0 Å². The maximum Gasteiger partial charge on any atom is 0.126 e. The summed E-state index contributed by atoms with van der Waals surface area (Å²) in [4.78, 5) is 18.9. The van der Waals surface area contributed by atoms with Crippen LogP contribution in [-0.2, 0) is 22.8 Å². The van der Waals surface area contributed by atoms with Crippen LogP contribution in [0.1, 0.15) is 38.8 Å². The largest absolute Gasteiger partial charge is 0.392 e. The smallest absolute Gasteiger partial charge is 0.126 e. The molecule has 0 bridgehead atoms. The predicted octanol–water partition coefficient (Wildman–Crippen LogP) is 3.55. The van der Waals surface area contributed by atoms with Crippen molar-refractivity contribution >= 4 is 11.6 Å². The third-order valence-corrected chi connectivity index (χ3v) is 2.05. The van der Waals surface area contributed by atoms with Crippen LogP contribution in [0.4, 0.5) is 0 Å². The molecule has 0 aliphatic carbocycles. The molecule has 0 unspecified atom stereocenters. The normalized spacial score (nSPS) is 8.25. The van der Waals surface area contributed by atoms with Gasteiger partial charge < -0.3 is 19.8 Å². The lowest BCUT2D eigenvalue weighted by atomic mass is 10.2. The summed E-state index contributed by atoms with van der Waals surface area (Å²) in [5, 5.41) is 17.1. The van der Waals surface area contributed by atoms with Crippen molar-refractivity contribution in [3.8, 4) is 0 Å². The predicted molar refractivity (Wildman–Crippen MR) is 97.4 cm³/mol. The Balaban J connectivity index is 0. The molecular formula is C20H28O4. The highest BCUT2D eigenvalue weighted by atomic mass is 16.3. The van der Waals surface area contributed by atoms with E-state index in [1.165, 1.54) is 27.7 Å². The maximum absolute atomic E-state index is 9.44. The number of carbonyl (C=O) groups excluding carboxylic acids is 2. The van der Waals surface area contributed by atoms with Gasteiger partial charge in [0.25, 0.3) is 0 Å². The van der Waals surface area contributed by atoms with Crippen molar-refractivity contribution in [3.05, 3.63) is 71.8 Å². The van der Waals surface area contributed by atoms with Crippen LogP contribution in [0.3, 0.4) is 0 Å². The van der Waals surface area contributed by atoms with E-state index in [9.17, 15) is 9.59 Å². The molecule has 0 amide bonds. The van der Waals surface area contributed by atoms with Crippen LogP contribution < -0.4 is 0 Å². The van der Waals surface area contributed by atoms with Crippen molar-refractivity contribution < 1.29 is 19.8 Å². The van der Waals surface area contributed by atoms with Gasteiger partial charge in [-0.25, -0.2) is 0 Å². The van der Waals surface area contributed by atoms with Gasteiger partial charge >= 0.3 is 0 Å². The molecule has 4 heteroatoms. The van der Waals surface area contributed by atoms with E-state index in [1.807, 2.05) is 60.7 Å².